The summed E-state index contributed by atoms with van der Waals surface area (Å²) in [5, 5.41) is 11.5. The number of carboxylic acid groups (broad SMARTS) is 1. The quantitative estimate of drug-likeness (QED) is 0.689. The number of aliphatic carboxylic acids is 1. The number of nitrogens with zero attached hydrogens (tertiary/aromatic N) is 1. The molecule has 0 aromatic rings. The van der Waals surface area contributed by atoms with Crippen molar-refractivity contribution in [2.45, 2.75) is 57.5 Å². The molecule has 1 heterocycles. The van der Waals surface area contributed by atoms with E-state index in [0.717, 1.165) is 25.7 Å². The molecule has 1 fully saturated rings. The molecule has 3 amide bonds. The van der Waals surface area contributed by atoms with Gasteiger partial charge in [0.2, 0.25) is 5.91 Å². The minimum absolute atomic E-state index is 0.0125. The summed E-state index contributed by atoms with van der Waals surface area (Å²) in [7, 11) is 0. The third-order valence-corrected chi connectivity index (χ3v) is 3.59. The maximum absolute atomic E-state index is 12.2. The third kappa shape index (κ3) is 5.07. The Morgan fingerprint density at radius 3 is 2.65 bits per heavy atom. The van der Waals surface area contributed by atoms with Gasteiger partial charge in [0, 0.05) is 19.0 Å². The van der Waals surface area contributed by atoms with Gasteiger partial charge in [0.15, 0.2) is 0 Å². The molecule has 1 unspecified atom stereocenters. The van der Waals surface area contributed by atoms with E-state index >= 15 is 0 Å². The molecule has 0 aromatic heterocycles. The van der Waals surface area contributed by atoms with E-state index in [-0.39, 0.29) is 24.9 Å². The van der Waals surface area contributed by atoms with E-state index in [0.29, 0.717) is 6.54 Å². The van der Waals surface area contributed by atoms with Crippen molar-refractivity contribution in [1.29, 1.82) is 0 Å². The number of likely N-dealkylation sites (tertiary alicyclic amines) is 1. The van der Waals surface area contributed by atoms with Crippen LogP contribution in [-0.4, -0.2) is 46.5 Å². The molecule has 1 rings (SSSR count). The Labute approximate surface area is 118 Å². The second-order valence-corrected chi connectivity index (χ2v) is 5.24. The zero-order chi connectivity index (χ0) is 15.1. The van der Waals surface area contributed by atoms with Crippen LogP contribution in [0.3, 0.4) is 0 Å². The Kier molecular flexibility index (Phi) is 6.27. The largest absolute Gasteiger partial charge is 0.480 e. The van der Waals surface area contributed by atoms with E-state index in [9.17, 15) is 14.4 Å². The van der Waals surface area contributed by atoms with Crippen molar-refractivity contribution in [3.8, 4) is 0 Å². The molecule has 7 nitrogen and oxygen atoms in total. The molecule has 114 valence electrons. The number of hydrogen-bond acceptors (Lipinski definition) is 3. The van der Waals surface area contributed by atoms with Crippen molar-refractivity contribution in [2.24, 2.45) is 5.73 Å². The molecule has 4 N–H and O–H groups in total. The Morgan fingerprint density at radius 1 is 1.35 bits per heavy atom. The van der Waals surface area contributed by atoms with Crippen molar-refractivity contribution in [1.82, 2.24) is 10.2 Å². The van der Waals surface area contributed by atoms with Gasteiger partial charge >= 0.3 is 12.0 Å². The van der Waals surface area contributed by atoms with Gasteiger partial charge < -0.3 is 21.1 Å². The van der Waals surface area contributed by atoms with Crippen LogP contribution in [0.25, 0.3) is 0 Å². The summed E-state index contributed by atoms with van der Waals surface area (Å²) in [6, 6.07) is -1.36. The minimum Gasteiger partial charge on any atom is -0.480 e. The molecule has 20 heavy (non-hydrogen) atoms. The van der Waals surface area contributed by atoms with Crippen LogP contribution in [-0.2, 0) is 9.59 Å². The minimum atomic E-state index is -1.15. The summed E-state index contributed by atoms with van der Waals surface area (Å²) in [4.78, 5) is 35.6. The molecule has 7 heteroatoms. The van der Waals surface area contributed by atoms with Gasteiger partial charge in [-0.15, -0.1) is 0 Å². The molecule has 0 spiro atoms. The van der Waals surface area contributed by atoms with E-state index in [1.54, 1.807) is 4.90 Å². The lowest BCUT2D eigenvalue weighted by molar-refractivity contribution is -0.139. The zero-order valence-corrected chi connectivity index (χ0v) is 11.8. The topological polar surface area (TPSA) is 113 Å². The van der Waals surface area contributed by atoms with Crippen LogP contribution < -0.4 is 11.1 Å². The van der Waals surface area contributed by atoms with Gasteiger partial charge in [-0.2, -0.15) is 0 Å². The first-order valence-electron chi connectivity index (χ1n) is 7.00. The van der Waals surface area contributed by atoms with Crippen molar-refractivity contribution in [2.75, 3.05) is 6.54 Å². The molecule has 1 aliphatic rings. The molecule has 0 aliphatic carbocycles. The first-order valence-corrected chi connectivity index (χ1v) is 7.00. The monoisotopic (exact) mass is 285 g/mol. The van der Waals surface area contributed by atoms with Crippen molar-refractivity contribution in [3.05, 3.63) is 0 Å². The van der Waals surface area contributed by atoms with Crippen molar-refractivity contribution < 1.29 is 19.5 Å². The molecule has 0 radical (unpaired) electrons. The summed E-state index contributed by atoms with van der Waals surface area (Å²) in [6.07, 6.45) is 3.96. The van der Waals surface area contributed by atoms with Gasteiger partial charge in [0.05, 0.1) is 0 Å². The molecule has 0 saturated carbocycles. The molecule has 0 aromatic carbocycles. The fraction of sp³-hybridized carbons (Fsp3) is 0.769. The number of primary amides is 1. The normalized spacial score (nSPS) is 20.9. The zero-order valence-electron chi connectivity index (χ0n) is 11.8. The fourth-order valence-corrected chi connectivity index (χ4v) is 2.35. The lowest BCUT2D eigenvalue weighted by Gasteiger charge is -2.28. The second-order valence-electron chi connectivity index (χ2n) is 5.24. The summed E-state index contributed by atoms with van der Waals surface area (Å²) >= 11 is 0. The molecule has 2 atom stereocenters. The number of rotatable bonds is 5. The summed E-state index contributed by atoms with van der Waals surface area (Å²) in [6.45, 7) is 2.60. The van der Waals surface area contributed by atoms with Crippen molar-refractivity contribution in [3.63, 3.8) is 0 Å². The summed E-state index contributed by atoms with van der Waals surface area (Å²) in [5.74, 6) is -1.73. The number of nitrogens with one attached hydrogen (secondary N) is 1. The second kappa shape index (κ2) is 7.72. The lowest BCUT2D eigenvalue weighted by atomic mass is 10.1. The van der Waals surface area contributed by atoms with E-state index in [2.05, 4.69) is 5.32 Å². The van der Waals surface area contributed by atoms with Crippen LogP contribution in [0.5, 0.6) is 0 Å². The van der Waals surface area contributed by atoms with E-state index in [1.165, 1.54) is 0 Å². The molecular formula is C13H23N3O4. The fourth-order valence-electron chi connectivity index (χ4n) is 2.35. The smallest absolute Gasteiger partial charge is 0.326 e. The predicted molar refractivity (Wildman–Crippen MR) is 73.0 cm³/mol. The van der Waals surface area contributed by atoms with Gasteiger partial charge in [0.1, 0.15) is 6.04 Å². The average molecular weight is 285 g/mol. The van der Waals surface area contributed by atoms with Gasteiger partial charge in [-0.05, 0) is 26.2 Å². The van der Waals surface area contributed by atoms with Crippen LogP contribution in [0.2, 0.25) is 0 Å². The van der Waals surface area contributed by atoms with Crippen LogP contribution in [0.4, 0.5) is 4.79 Å². The number of carbonyl (C=O) groups excluding carboxylic acids is 2. The van der Waals surface area contributed by atoms with Crippen LogP contribution in [0.1, 0.15) is 45.4 Å². The van der Waals surface area contributed by atoms with Crippen molar-refractivity contribution >= 4 is 17.9 Å². The van der Waals surface area contributed by atoms with E-state index in [4.69, 9.17) is 10.8 Å². The van der Waals surface area contributed by atoms with Gasteiger partial charge in [-0.3, -0.25) is 4.79 Å². The Morgan fingerprint density at radius 2 is 2.05 bits per heavy atom. The first-order chi connectivity index (χ1) is 9.41. The number of carboxylic acids is 1. The standard InChI is InChI=1S/C13H23N3O4/c1-9-5-3-2-4-8-16(9)13(20)15-10(12(18)19)6-7-11(14)17/h9-10H,2-8H2,1H3,(H2,14,17)(H,15,20)(H,18,19)/t9?,10-/m0/s1. The first kappa shape index (κ1) is 16.3. The highest BCUT2D eigenvalue weighted by Crippen LogP contribution is 2.16. The van der Waals surface area contributed by atoms with Crippen LogP contribution in [0.15, 0.2) is 0 Å². The van der Waals surface area contributed by atoms with Gasteiger partial charge in [0.25, 0.3) is 0 Å². The third-order valence-electron chi connectivity index (χ3n) is 3.59. The highest BCUT2D eigenvalue weighted by Gasteiger charge is 2.26. The number of urea groups is 1. The number of carbonyl (C=O) groups is 3. The predicted octanol–water partition coefficient (Wildman–Crippen LogP) is 0.679. The Hall–Kier alpha value is -1.79. The molecule has 1 aliphatic heterocycles. The Balaban J connectivity index is 2.59. The molecular weight excluding hydrogens is 262 g/mol. The number of hydrogen-bond donors (Lipinski definition) is 3. The molecule has 0 bridgehead atoms. The van der Waals surface area contributed by atoms with Crippen LogP contribution in [0, 0.1) is 0 Å². The number of amides is 3. The van der Waals surface area contributed by atoms with Crippen LogP contribution >= 0.6 is 0 Å². The lowest BCUT2D eigenvalue weighted by Crippen LogP contribution is -2.50. The maximum atomic E-state index is 12.2. The van der Waals surface area contributed by atoms with Gasteiger partial charge in [-0.1, -0.05) is 12.8 Å². The molecule has 1 saturated heterocycles. The highest BCUT2D eigenvalue weighted by atomic mass is 16.4. The average Bonchev–Trinajstić information content (AvgIpc) is 2.58. The summed E-state index contributed by atoms with van der Waals surface area (Å²) in [5.41, 5.74) is 5.00. The SMILES string of the molecule is CC1CCCCCN1C(=O)N[C@@H](CCC(N)=O)C(=O)O. The number of nitrogens with two attached hydrogens (primary N) is 1. The maximum Gasteiger partial charge on any atom is 0.326 e. The Bertz CT molecular complexity index is 373. The summed E-state index contributed by atoms with van der Waals surface area (Å²) < 4.78 is 0. The van der Waals surface area contributed by atoms with E-state index < -0.39 is 17.9 Å². The highest BCUT2D eigenvalue weighted by molar-refractivity contribution is 5.83. The van der Waals surface area contributed by atoms with Gasteiger partial charge in [-0.25, -0.2) is 9.59 Å². The van der Waals surface area contributed by atoms with E-state index in [1.807, 2.05) is 6.92 Å².